The summed E-state index contributed by atoms with van der Waals surface area (Å²) < 4.78 is 40.4. The highest BCUT2D eigenvalue weighted by Crippen LogP contribution is 2.20. The summed E-state index contributed by atoms with van der Waals surface area (Å²) in [7, 11) is -3.20. The second kappa shape index (κ2) is 13.7. The van der Waals surface area contributed by atoms with Crippen LogP contribution in [0.5, 0.6) is 0 Å². The fraction of sp³-hybridized carbons (Fsp3) is 0.900. The summed E-state index contributed by atoms with van der Waals surface area (Å²) in [4.78, 5) is 0. The molecule has 0 aromatic carbocycles. The van der Waals surface area contributed by atoms with E-state index in [0.29, 0.717) is 26.2 Å². The molecule has 0 amide bonds. The summed E-state index contributed by atoms with van der Waals surface area (Å²) in [6.45, 7) is 18.7. The highest BCUT2D eigenvalue weighted by Gasteiger charge is 2.24. The van der Waals surface area contributed by atoms with Crippen molar-refractivity contribution in [3.8, 4) is 0 Å². The molecule has 0 aliphatic carbocycles. The average molecular weight is 423 g/mol. The molecule has 0 radical (unpaired) electrons. The molecule has 2 N–H and O–H groups in total. The maximum atomic E-state index is 11.5. The summed E-state index contributed by atoms with van der Waals surface area (Å²) in [5.74, 6) is 0.0473. The normalized spacial score (nSPS) is 13.2. The Morgan fingerprint density at radius 3 is 2.11 bits per heavy atom. The number of sulfone groups is 1. The van der Waals surface area contributed by atoms with Crippen LogP contribution in [0.15, 0.2) is 12.0 Å². The Bertz CT molecular complexity index is 519. The molecular formula is C20H42N2O5S. The van der Waals surface area contributed by atoms with E-state index in [1.807, 2.05) is 41.5 Å². The van der Waals surface area contributed by atoms with Gasteiger partial charge >= 0.3 is 0 Å². The Hall–Kier alpha value is -0.510. The Balaban J connectivity index is 3.83. The second-order valence-electron chi connectivity index (χ2n) is 8.38. The summed E-state index contributed by atoms with van der Waals surface area (Å²) in [6.07, 6.45) is 2.39. The summed E-state index contributed by atoms with van der Waals surface area (Å²) in [6, 6.07) is 0. The monoisotopic (exact) mass is 422 g/mol. The molecule has 28 heavy (non-hydrogen) atoms. The van der Waals surface area contributed by atoms with Crippen LogP contribution in [0.4, 0.5) is 0 Å². The molecule has 0 saturated heterocycles. The Morgan fingerprint density at radius 2 is 1.50 bits per heavy atom. The zero-order valence-electron chi connectivity index (χ0n) is 18.7. The van der Waals surface area contributed by atoms with Crippen LogP contribution in [0.1, 0.15) is 60.8 Å². The van der Waals surface area contributed by atoms with Crippen molar-refractivity contribution >= 4 is 9.84 Å². The first-order valence-electron chi connectivity index (χ1n) is 10.1. The number of ether oxygens (including phenoxy) is 3. The van der Waals surface area contributed by atoms with Crippen LogP contribution in [0, 0.1) is 0 Å². The molecule has 8 heteroatoms. The van der Waals surface area contributed by atoms with Gasteiger partial charge in [-0.05, 0) is 60.8 Å². The molecule has 0 fully saturated rings. The maximum Gasteiger partial charge on any atom is 0.171 e. The third kappa shape index (κ3) is 16.4. The minimum absolute atomic E-state index is 0.0473. The predicted octanol–water partition coefficient (Wildman–Crippen LogP) is 2.82. The standard InChI is InChI=1S/C20H42N2O5S/c1-8-28(23,24)17-11-20(6,7)26-15-10-19(4,5)27-16-13-22-21-12-9-14-25-18(2)3/h8,18,21-22H,1,9-17H2,2-7H3. The number of hydrogen-bond acceptors (Lipinski definition) is 7. The molecule has 168 valence electrons. The van der Waals surface area contributed by atoms with Crippen molar-refractivity contribution < 1.29 is 22.6 Å². The van der Waals surface area contributed by atoms with Crippen molar-refractivity contribution in [3.05, 3.63) is 12.0 Å². The molecule has 0 heterocycles. The third-order valence-electron chi connectivity index (χ3n) is 4.18. The van der Waals surface area contributed by atoms with Gasteiger partial charge in [-0.2, -0.15) is 0 Å². The van der Waals surface area contributed by atoms with Crippen molar-refractivity contribution in [3.63, 3.8) is 0 Å². The van der Waals surface area contributed by atoms with E-state index in [0.717, 1.165) is 31.4 Å². The molecule has 0 atom stereocenters. The summed E-state index contributed by atoms with van der Waals surface area (Å²) >= 11 is 0. The topological polar surface area (TPSA) is 85.9 Å². The van der Waals surface area contributed by atoms with Gasteiger partial charge < -0.3 is 14.2 Å². The molecule has 0 aliphatic heterocycles. The van der Waals surface area contributed by atoms with Crippen LogP contribution < -0.4 is 10.9 Å². The molecule has 0 bridgehead atoms. The van der Waals surface area contributed by atoms with E-state index in [-0.39, 0.29) is 17.5 Å². The van der Waals surface area contributed by atoms with E-state index in [4.69, 9.17) is 14.2 Å². The lowest BCUT2D eigenvalue weighted by Crippen LogP contribution is -2.38. The van der Waals surface area contributed by atoms with Gasteiger partial charge in [0.1, 0.15) is 0 Å². The van der Waals surface area contributed by atoms with Gasteiger partial charge in [-0.15, -0.1) is 0 Å². The average Bonchev–Trinajstić information content (AvgIpc) is 2.58. The van der Waals surface area contributed by atoms with E-state index in [9.17, 15) is 8.42 Å². The van der Waals surface area contributed by atoms with Crippen LogP contribution in [0.2, 0.25) is 0 Å². The highest BCUT2D eigenvalue weighted by molar-refractivity contribution is 7.94. The van der Waals surface area contributed by atoms with Gasteiger partial charge in [0.15, 0.2) is 9.84 Å². The molecular weight excluding hydrogens is 380 g/mol. The second-order valence-corrected chi connectivity index (χ2v) is 10.4. The van der Waals surface area contributed by atoms with E-state index < -0.39 is 15.4 Å². The minimum Gasteiger partial charge on any atom is -0.379 e. The van der Waals surface area contributed by atoms with Gasteiger partial charge in [-0.25, -0.2) is 8.42 Å². The van der Waals surface area contributed by atoms with Gasteiger partial charge in [-0.1, -0.05) is 6.58 Å². The van der Waals surface area contributed by atoms with Crippen molar-refractivity contribution in [1.29, 1.82) is 0 Å². The lowest BCUT2D eigenvalue weighted by molar-refractivity contribution is -0.0720. The Morgan fingerprint density at radius 1 is 0.929 bits per heavy atom. The largest absolute Gasteiger partial charge is 0.379 e. The van der Waals surface area contributed by atoms with Gasteiger partial charge in [0, 0.05) is 25.1 Å². The fourth-order valence-corrected chi connectivity index (χ4v) is 3.17. The van der Waals surface area contributed by atoms with Crippen molar-refractivity contribution in [2.75, 3.05) is 38.7 Å². The minimum atomic E-state index is -3.20. The van der Waals surface area contributed by atoms with Crippen LogP contribution in [0.3, 0.4) is 0 Å². The quantitative estimate of drug-likeness (QED) is 0.259. The molecule has 0 aromatic heterocycles. The molecule has 7 nitrogen and oxygen atoms in total. The van der Waals surface area contributed by atoms with Crippen LogP contribution in [0.25, 0.3) is 0 Å². The summed E-state index contributed by atoms with van der Waals surface area (Å²) in [5, 5.41) is 1.00. The van der Waals surface area contributed by atoms with Crippen molar-refractivity contribution in [2.24, 2.45) is 0 Å². The van der Waals surface area contributed by atoms with E-state index in [1.54, 1.807) is 0 Å². The van der Waals surface area contributed by atoms with E-state index >= 15 is 0 Å². The van der Waals surface area contributed by atoms with Gasteiger partial charge in [0.05, 0.1) is 36.3 Å². The van der Waals surface area contributed by atoms with Crippen molar-refractivity contribution in [1.82, 2.24) is 10.9 Å². The van der Waals surface area contributed by atoms with E-state index in [1.165, 1.54) is 0 Å². The zero-order chi connectivity index (χ0) is 21.7. The Kier molecular flexibility index (Phi) is 13.4. The highest BCUT2D eigenvalue weighted by atomic mass is 32.2. The van der Waals surface area contributed by atoms with Crippen molar-refractivity contribution in [2.45, 2.75) is 78.1 Å². The SMILES string of the molecule is C=CS(=O)(=O)CCC(C)(C)OCCC(C)(C)OCCNNCCCOC(C)C. The Labute approximate surface area is 172 Å². The fourth-order valence-electron chi connectivity index (χ4n) is 2.22. The first-order valence-corrected chi connectivity index (χ1v) is 11.8. The molecule has 0 unspecified atom stereocenters. The number of nitrogens with one attached hydrogen (secondary N) is 2. The van der Waals surface area contributed by atoms with Crippen LogP contribution >= 0.6 is 0 Å². The first-order chi connectivity index (χ1) is 12.9. The van der Waals surface area contributed by atoms with E-state index in [2.05, 4.69) is 17.4 Å². The van der Waals surface area contributed by atoms with Gasteiger partial charge in [-0.3, -0.25) is 10.9 Å². The third-order valence-corrected chi connectivity index (χ3v) is 5.46. The van der Waals surface area contributed by atoms with Gasteiger partial charge in [0.25, 0.3) is 0 Å². The lowest BCUT2D eigenvalue weighted by Gasteiger charge is -2.29. The number of hydrazine groups is 1. The summed E-state index contributed by atoms with van der Waals surface area (Å²) in [5.41, 5.74) is 5.47. The van der Waals surface area contributed by atoms with Crippen LogP contribution in [-0.2, 0) is 24.0 Å². The number of hydrogen-bond donors (Lipinski definition) is 2. The molecule has 0 aliphatic rings. The predicted molar refractivity (Wildman–Crippen MR) is 115 cm³/mol. The molecule has 0 rings (SSSR count). The van der Waals surface area contributed by atoms with Crippen LogP contribution in [-0.4, -0.2) is 64.4 Å². The molecule has 0 saturated carbocycles. The first kappa shape index (κ1) is 27.5. The molecule has 0 spiro atoms. The lowest BCUT2D eigenvalue weighted by atomic mass is 10.0. The molecule has 0 aromatic rings. The maximum absolute atomic E-state index is 11.5. The number of rotatable bonds is 18. The smallest absolute Gasteiger partial charge is 0.171 e. The van der Waals surface area contributed by atoms with Gasteiger partial charge in [0.2, 0.25) is 0 Å². The zero-order valence-corrected chi connectivity index (χ0v) is 19.5.